The Morgan fingerprint density at radius 2 is 2.23 bits per heavy atom. The van der Waals surface area contributed by atoms with Gasteiger partial charge < -0.3 is 10.3 Å². The van der Waals surface area contributed by atoms with Crippen molar-refractivity contribution in [2.45, 2.75) is 6.92 Å². The summed E-state index contributed by atoms with van der Waals surface area (Å²) in [6.07, 6.45) is 0.507. The third-order valence-corrected chi connectivity index (χ3v) is 1.31. The molecule has 1 rings (SSSR count). The van der Waals surface area contributed by atoms with Crippen molar-refractivity contribution in [3.05, 3.63) is 28.2 Å². The molecule has 1 amide bonds. The summed E-state index contributed by atoms with van der Waals surface area (Å²) in [4.78, 5) is 34.1. The topological polar surface area (TPSA) is 79.0 Å². The van der Waals surface area contributed by atoms with E-state index >= 15 is 0 Å². The number of amides is 1. The van der Waals surface area contributed by atoms with Crippen LogP contribution in [0.2, 0.25) is 0 Å². The lowest BCUT2D eigenvalue weighted by Crippen LogP contribution is -2.12. The summed E-state index contributed by atoms with van der Waals surface area (Å²) in [5.41, 5.74) is 0.0305. The summed E-state index contributed by atoms with van der Waals surface area (Å²) >= 11 is 0. The number of nitrogens with one attached hydrogen (secondary N) is 2. The maximum absolute atomic E-state index is 10.9. The quantitative estimate of drug-likeness (QED) is 0.635. The lowest BCUT2D eigenvalue weighted by molar-refractivity contribution is -0.114. The fourth-order valence-electron chi connectivity index (χ4n) is 0.904. The zero-order valence-electron chi connectivity index (χ0n) is 6.96. The van der Waals surface area contributed by atoms with Crippen LogP contribution in [0.5, 0.6) is 0 Å². The van der Waals surface area contributed by atoms with E-state index in [1.165, 1.54) is 19.1 Å². The standard InChI is InChI=1S/C8H8N2O3/c1-5(12)9-6-2-7(4-11)10-8(13)3-6/h2-4H,1H3,(H2,9,10,12,13). The normalized spacial score (nSPS) is 9.31. The fourth-order valence-corrected chi connectivity index (χ4v) is 0.904. The number of aromatic amines is 1. The van der Waals surface area contributed by atoms with Crippen molar-refractivity contribution in [1.82, 2.24) is 4.98 Å². The average Bonchev–Trinajstić information content (AvgIpc) is 2.01. The smallest absolute Gasteiger partial charge is 0.250 e. The summed E-state index contributed by atoms with van der Waals surface area (Å²) < 4.78 is 0. The molecule has 1 aromatic heterocycles. The van der Waals surface area contributed by atoms with Crippen molar-refractivity contribution in [3.8, 4) is 0 Å². The van der Waals surface area contributed by atoms with Gasteiger partial charge in [-0.05, 0) is 6.07 Å². The molecule has 1 heterocycles. The molecule has 13 heavy (non-hydrogen) atoms. The van der Waals surface area contributed by atoms with Crippen LogP contribution in [0.25, 0.3) is 0 Å². The highest BCUT2D eigenvalue weighted by atomic mass is 16.1. The zero-order chi connectivity index (χ0) is 9.84. The van der Waals surface area contributed by atoms with Crippen molar-refractivity contribution in [3.63, 3.8) is 0 Å². The number of hydrogen-bond donors (Lipinski definition) is 2. The molecule has 5 heteroatoms. The summed E-state index contributed by atoms with van der Waals surface area (Å²) in [5, 5.41) is 2.40. The van der Waals surface area contributed by atoms with Gasteiger partial charge in [0.1, 0.15) is 0 Å². The predicted octanol–water partition coefficient (Wildman–Crippen LogP) is 0.146. The third kappa shape index (κ3) is 2.55. The maximum Gasteiger partial charge on any atom is 0.250 e. The number of carbonyl (C=O) groups is 2. The van der Waals surface area contributed by atoms with Crippen molar-refractivity contribution in [1.29, 1.82) is 0 Å². The number of anilines is 1. The van der Waals surface area contributed by atoms with E-state index in [1.807, 2.05) is 0 Å². The van der Waals surface area contributed by atoms with Gasteiger partial charge in [0, 0.05) is 18.7 Å². The minimum Gasteiger partial charge on any atom is -0.326 e. The lowest BCUT2D eigenvalue weighted by Gasteiger charge is -2.00. The van der Waals surface area contributed by atoms with Crippen molar-refractivity contribution >= 4 is 17.9 Å². The van der Waals surface area contributed by atoms with Gasteiger partial charge in [0.25, 0.3) is 5.56 Å². The first-order chi connectivity index (χ1) is 6.11. The van der Waals surface area contributed by atoms with Crippen LogP contribution < -0.4 is 10.9 Å². The van der Waals surface area contributed by atoms with E-state index in [9.17, 15) is 14.4 Å². The van der Waals surface area contributed by atoms with Crippen LogP contribution in [0, 0.1) is 0 Å². The monoisotopic (exact) mass is 180 g/mol. The van der Waals surface area contributed by atoms with Crippen LogP contribution in [-0.2, 0) is 4.79 Å². The van der Waals surface area contributed by atoms with Gasteiger partial charge in [0.05, 0.1) is 5.69 Å². The summed E-state index contributed by atoms with van der Waals surface area (Å²) in [6.45, 7) is 1.32. The first-order valence-electron chi connectivity index (χ1n) is 3.59. The van der Waals surface area contributed by atoms with Gasteiger partial charge in [-0.15, -0.1) is 0 Å². The molecule has 0 atom stereocenters. The fraction of sp³-hybridized carbons (Fsp3) is 0.125. The molecule has 0 unspecified atom stereocenters. The van der Waals surface area contributed by atoms with Crippen LogP contribution in [0.3, 0.4) is 0 Å². The van der Waals surface area contributed by atoms with Crippen LogP contribution in [0.1, 0.15) is 17.4 Å². The third-order valence-electron chi connectivity index (χ3n) is 1.31. The van der Waals surface area contributed by atoms with E-state index in [4.69, 9.17) is 0 Å². The molecule has 2 N–H and O–H groups in total. The zero-order valence-corrected chi connectivity index (χ0v) is 6.96. The second-order valence-corrected chi connectivity index (χ2v) is 2.49. The Morgan fingerprint density at radius 1 is 1.54 bits per heavy atom. The second kappa shape index (κ2) is 3.66. The Kier molecular flexibility index (Phi) is 2.59. The number of carbonyl (C=O) groups excluding carboxylic acids is 2. The van der Waals surface area contributed by atoms with Crippen molar-refractivity contribution < 1.29 is 9.59 Å². The Labute approximate surface area is 73.8 Å². The van der Waals surface area contributed by atoms with E-state index in [0.717, 1.165) is 0 Å². The highest BCUT2D eigenvalue weighted by Gasteiger charge is 1.99. The van der Waals surface area contributed by atoms with Crippen molar-refractivity contribution in [2.24, 2.45) is 0 Å². The van der Waals surface area contributed by atoms with E-state index in [2.05, 4.69) is 10.3 Å². The molecule has 0 spiro atoms. The molecule has 0 radical (unpaired) electrons. The largest absolute Gasteiger partial charge is 0.326 e. The van der Waals surface area contributed by atoms with E-state index in [1.54, 1.807) is 0 Å². The van der Waals surface area contributed by atoms with Gasteiger partial charge in [-0.3, -0.25) is 14.4 Å². The predicted molar refractivity (Wildman–Crippen MR) is 46.8 cm³/mol. The molecular weight excluding hydrogens is 172 g/mol. The van der Waals surface area contributed by atoms with Crippen molar-refractivity contribution in [2.75, 3.05) is 5.32 Å². The Morgan fingerprint density at radius 3 is 2.77 bits per heavy atom. The van der Waals surface area contributed by atoms with Gasteiger partial charge in [0.2, 0.25) is 5.91 Å². The van der Waals surface area contributed by atoms with Crippen LogP contribution in [-0.4, -0.2) is 17.2 Å². The SMILES string of the molecule is CC(=O)Nc1cc(C=O)[nH]c(=O)c1. The van der Waals surface area contributed by atoms with Crippen LogP contribution in [0.4, 0.5) is 5.69 Å². The van der Waals surface area contributed by atoms with E-state index in [0.29, 0.717) is 12.0 Å². The first-order valence-corrected chi connectivity index (χ1v) is 3.59. The number of aldehydes is 1. The van der Waals surface area contributed by atoms with Gasteiger partial charge in [-0.1, -0.05) is 0 Å². The lowest BCUT2D eigenvalue weighted by atomic mass is 10.3. The molecule has 0 aliphatic carbocycles. The number of aromatic nitrogens is 1. The highest BCUT2D eigenvalue weighted by molar-refractivity contribution is 5.89. The van der Waals surface area contributed by atoms with Gasteiger partial charge in [0.15, 0.2) is 6.29 Å². The molecule has 1 aromatic rings. The van der Waals surface area contributed by atoms with Gasteiger partial charge in [-0.25, -0.2) is 0 Å². The van der Waals surface area contributed by atoms with E-state index < -0.39 is 5.56 Å². The van der Waals surface area contributed by atoms with Crippen LogP contribution >= 0.6 is 0 Å². The number of H-pyrrole nitrogens is 1. The molecule has 0 aliphatic rings. The van der Waals surface area contributed by atoms with Crippen LogP contribution in [0.15, 0.2) is 16.9 Å². The highest BCUT2D eigenvalue weighted by Crippen LogP contribution is 2.02. The molecule has 0 aromatic carbocycles. The first kappa shape index (κ1) is 9.18. The summed E-state index contributed by atoms with van der Waals surface area (Å²) in [5.74, 6) is -0.289. The molecule has 5 nitrogen and oxygen atoms in total. The molecule has 0 saturated heterocycles. The summed E-state index contributed by atoms with van der Waals surface area (Å²) in [7, 11) is 0. The minimum atomic E-state index is -0.423. The number of rotatable bonds is 2. The Hall–Kier alpha value is -1.91. The average molecular weight is 180 g/mol. The van der Waals surface area contributed by atoms with Gasteiger partial charge >= 0.3 is 0 Å². The molecular formula is C8H8N2O3. The molecule has 0 aliphatic heterocycles. The Balaban J connectivity index is 3.08. The molecule has 68 valence electrons. The van der Waals surface area contributed by atoms with Gasteiger partial charge in [-0.2, -0.15) is 0 Å². The molecule has 0 bridgehead atoms. The second-order valence-electron chi connectivity index (χ2n) is 2.49. The Bertz CT molecular complexity index is 395. The minimum absolute atomic E-state index is 0.135. The number of pyridine rings is 1. The molecule has 0 saturated carbocycles. The number of hydrogen-bond acceptors (Lipinski definition) is 3. The molecule has 0 fully saturated rings. The maximum atomic E-state index is 10.9. The summed E-state index contributed by atoms with van der Waals surface area (Å²) in [6, 6.07) is 2.59. The van der Waals surface area contributed by atoms with E-state index in [-0.39, 0.29) is 11.6 Å².